The second-order valence-electron chi connectivity index (χ2n) is 5.45. The molecule has 1 atom stereocenters. The van der Waals surface area contributed by atoms with Crippen molar-refractivity contribution in [1.29, 1.82) is 0 Å². The summed E-state index contributed by atoms with van der Waals surface area (Å²) in [5, 5.41) is 3.67. The van der Waals surface area contributed by atoms with E-state index >= 15 is 0 Å². The Morgan fingerprint density at radius 3 is 2.30 bits per heavy atom. The van der Waals surface area contributed by atoms with Gasteiger partial charge in [-0.1, -0.05) is 37.3 Å². The van der Waals surface area contributed by atoms with Crippen LogP contribution in [0.2, 0.25) is 0 Å². The normalized spacial score (nSPS) is 12.6. The van der Waals surface area contributed by atoms with E-state index in [1.807, 2.05) is 6.92 Å². The molecule has 1 unspecified atom stereocenters. The van der Waals surface area contributed by atoms with Crippen LogP contribution < -0.4 is 5.32 Å². The molecule has 0 saturated heterocycles. The van der Waals surface area contributed by atoms with Gasteiger partial charge in [-0.2, -0.15) is 0 Å². The van der Waals surface area contributed by atoms with Crippen LogP contribution >= 0.6 is 0 Å². The summed E-state index contributed by atoms with van der Waals surface area (Å²) in [6, 6.07) is 11.0. The summed E-state index contributed by atoms with van der Waals surface area (Å²) >= 11 is 0. The third-order valence-electron chi connectivity index (χ3n) is 3.89. The summed E-state index contributed by atoms with van der Waals surface area (Å²) in [5.41, 5.74) is 3.98. The third-order valence-corrected chi connectivity index (χ3v) is 3.89. The van der Waals surface area contributed by atoms with Gasteiger partial charge in [0.2, 0.25) is 0 Å². The van der Waals surface area contributed by atoms with Crippen LogP contribution in [0.25, 0.3) is 0 Å². The Kier molecular flexibility index (Phi) is 5.02. The van der Waals surface area contributed by atoms with Crippen LogP contribution in [0.15, 0.2) is 34.7 Å². The number of nitrogens with one attached hydrogen (secondary N) is 1. The van der Waals surface area contributed by atoms with Crippen LogP contribution in [0.4, 0.5) is 0 Å². The molecule has 0 saturated carbocycles. The van der Waals surface area contributed by atoms with Crippen molar-refractivity contribution in [3.05, 3.63) is 58.5 Å². The summed E-state index contributed by atoms with van der Waals surface area (Å²) in [6.45, 7) is 9.51. The molecule has 1 aromatic carbocycles. The lowest BCUT2D eigenvalue weighted by molar-refractivity contribution is 0.480. The van der Waals surface area contributed by atoms with E-state index in [4.69, 9.17) is 4.42 Å². The molecule has 0 aliphatic carbocycles. The highest BCUT2D eigenvalue weighted by Crippen LogP contribution is 2.29. The molecular weight excluding hydrogens is 246 g/mol. The van der Waals surface area contributed by atoms with Gasteiger partial charge in [-0.25, -0.2) is 0 Å². The minimum atomic E-state index is 0.329. The predicted octanol–water partition coefficient (Wildman–Crippen LogP) is 4.49. The second-order valence-corrected chi connectivity index (χ2v) is 5.45. The van der Waals surface area contributed by atoms with E-state index in [0.717, 1.165) is 30.9 Å². The molecule has 1 N–H and O–H groups in total. The van der Waals surface area contributed by atoms with Crippen LogP contribution in [0.3, 0.4) is 0 Å². The van der Waals surface area contributed by atoms with Crippen molar-refractivity contribution >= 4 is 0 Å². The SMILES string of the molecule is CCCNC(Cc1ccccc1)c1c(C)oc(C)c1C. The van der Waals surface area contributed by atoms with Crippen molar-refractivity contribution in [2.75, 3.05) is 6.54 Å². The Bertz CT molecular complexity index is 542. The minimum Gasteiger partial charge on any atom is -0.466 e. The molecule has 0 aliphatic rings. The van der Waals surface area contributed by atoms with Crippen LogP contribution in [-0.4, -0.2) is 6.54 Å². The van der Waals surface area contributed by atoms with E-state index in [1.165, 1.54) is 16.7 Å². The Hall–Kier alpha value is -1.54. The lowest BCUT2D eigenvalue weighted by atomic mass is 9.95. The highest BCUT2D eigenvalue weighted by molar-refractivity contribution is 5.35. The average molecular weight is 271 g/mol. The van der Waals surface area contributed by atoms with Crippen molar-refractivity contribution in [2.24, 2.45) is 0 Å². The van der Waals surface area contributed by atoms with Gasteiger partial charge in [0.1, 0.15) is 11.5 Å². The molecule has 20 heavy (non-hydrogen) atoms. The Balaban J connectivity index is 2.27. The smallest absolute Gasteiger partial charge is 0.106 e. The van der Waals surface area contributed by atoms with E-state index < -0.39 is 0 Å². The Morgan fingerprint density at radius 2 is 1.75 bits per heavy atom. The first kappa shape index (κ1) is 14.9. The molecule has 0 aliphatic heterocycles. The first-order chi connectivity index (χ1) is 9.63. The van der Waals surface area contributed by atoms with E-state index in [0.29, 0.717) is 6.04 Å². The maximum atomic E-state index is 5.80. The van der Waals surface area contributed by atoms with E-state index in [2.05, 4.69) is 56.4 Å². The van der Waals surface area contributed by atoms with Gasteiger partial charge in [0.25, 0.3) is 0 Å². The highest BCUT2D eigenvalue weighted by Gasteiger charge is 2.20. The van der Waals surface area contributed by atoms with Crippen molar-refractivity contribution in [2.45, 2.75) is 46.6 Å². The number of rotatable bonds is 6. The molecule has 0 amide bonds. The van der Waals surface area contributed by atoms with E-state index in [1.54, 1.807) is 0 Å². The van der Waals surface area contributed by atoms with Gasteiger partial charge in [-0.05, 0) is 51.3 Å². The Labute approximate surface area is 122 Å². The zero-order valence-electron chi connectivity index (χ0n) is 13.0. The van der Waals surface area contributed by atoms with Crippen molar-refractivity contribution in [3.8, 4) is 0 Å². The molecule has 108 valence electrons. The molecule has 0 bridgehead atoms. The summed E-state index contributed by atoms with van der Waals surface area (Å²) < 4.78 is 5.80. The third kappa shape index (κ3) is 3.31. The zero-order valence-corrected chi connectivity index (χ0v) is 13.0. The molecule has 0 radical (unpaired) electrons. The first-order valence-corrected chi connectivity index (χ1v) is 7.47. The molecule has 2 rings (SSSR count). The number of hydrogen-bond acceptors (Lipinski definition) is 2. The summed E-state index contributed by atoms with van der Waals surface area (Å²) in [7, 11) is 0. The van der Waals surface area contributed by atoms with Crippen LogP contribution in [0, 0.1) is 20.8 Å². The average Bonchev–Trinajstić information content (AvgIpc) is 2.70. The van der Waals surface area contributed by atoms with Gasteiger partial charge in [0, 0.05) is 11.6 Å². The largest absolute Gasteiger partial charge is 0.466 e. The molecule has 2 aromatic rings. The maximum Gasteiger partial charge on any atom is 0.106 e. The molecule has 2 heteroatoms. The van der Waals surface area contributed by atoms with Crippen molar-refractivity contribution in [3.63, 3.8) is 0 Å². The predicted molar refractivity (Wildman–Crippen MR) is 84.1 cm³/mol. The van der Waals surface area contributed by atoms with Gasteiger partial charge >= 0.3 is 0 Å². The molecule has 0 fully saturated rings. The van der Waals surface area contributed by atoms with Crippen LogP contribution in [-0.2, 0) is 6.42 Å². The fourth-order valence-corrected chi connectivity index (χ4v) is 2.77. The van der Waals surface area contributed by atoms with Gasteiger partial charge in [0.05, 0.1) is 0 Å². The lowest BCUT2D eigenvalue weighted by Gasteiger charge is -2.19. The fourth-order valence-electron chi connectivity index (χ4n) is 2.77. The molecular formula is C18H25NO. The standard InChI is InChI=1S/C18H25NO/c1-5-11-19-17(12-16-9-7-6-8-10-16)18-13(2)14(3)20-15(18)4/h6-10,17,19H,5,11-12H2,1-4H3. The first-order valence-electron chi connectivity index (χ1n) is 7.47. The number of benzene rings is 1. The number of hydrogen-bond donors (Lipinski definition) is 1. The molecule has 0 spiro atoms. The monoisotopic (exact) mass is 271 g/mol. The lowest BCUT2D eigenvalue weighted by Crippen LogP contribution is -2.25. The molecule has 1 aromatic heterocycles. The van der Waals surface area contributed by atoms with E-state index in [9.17, 15) is 0 Å². The summed E-state index contributed by atoms with van der Waals surface area (Å²) in [6.07, 6.45) is 2.14. The quantitative estimate of drug-likeness (QED) is 0.837. The number of aryl methyl sites for hydroxylation is 2. The highest BCUT2D eigenvalue weighted by atomic mass is 16.3. The fraction of sp³-hybridized carbons (Fsp3) is 0.444. The minimum absolute atomic E-state index is 0.329. The maximum absolute atomic E-state index is 5.80. The van der Waals surface area contributed by atoms with Gasteiger partial charge in [-0.15, -0.1) is 0 Å². The van der Waals surface area contributed by atoms with Crippen LogP contribution in [0.1, 0.15) is 47.6 Å². The zero-order chi connectivity index (χ0) is 14.5. The van der Waals surface area contributed by atoms with Crippen LogP contribution in [0.5, 0.6) is 0 Å². The topological polar surface area (TPSA) is 25.2 Å². The van der Waals surface area contributed by atoms with Gasteiger partial charge in [0.15, 0.2) is 0 Å². The van der Waals surface area contributed by atoms with Gasteiger partial charge in [-0.3, -0.25) is 0 Å². The second kappa shape index (κ2) is 6.76. The van der Waals surface area contributed by atoms with Crippen molar-refractivity contribution < 1.29 is 4.42 Å². The van der Waals surface area contributed by atoms with Crippen molar-refractivity contribution in [1.82, 2.24) is 5.32 Å². The number of furan rings is 1. The molecule has 2 nitrogen and oxygen atoms in total. The summed E-state index contributed by atoms with van der Waals surface area (Å²) in [4.78, 5) is 0. The summed E-state index contributed by atoms with van der Waals surface area (Å²) in [5.74, 6) is 2.08. The van der Waals surface area contributed by atoms with E-state index in [-0.39, 0.29) is 0 Å². The van der Waals surface area contributed by atoms with Gasteiger partial charge < -0.3 is 9.73 Å². The molecule has 1 heterocycles. The Morgan fingerprint density at radius 1 is 1.05 bits per heavy atom.